The summed E-state index contributed by atoms with van der Waals surface area (Å²) in [6, 6.07) is -1.08. The highest BCUT2D eigenvalue weighted by atomic mass is 35.5. The standard InChI is InChI=1S/C9H15Cl3N2O4/c10-5-9(11,12)18-8(17)14-6(7(15)16)3-1-2-4-13/h6H,1-5,13H2,(H,14,17)(H,15,16)/t6-/m0/s1. The molecule has 0 aromatic rings. The summed E-state index contributed by atoms with van der Waals surface area (Å²) in [6.45, 7) is 0.454. The summed E-state index contributed by atoms with van der Waals surface area (Å²) in [4.78, 5) is 22.2. The maximum atomic E-state index is 11.3. The summed E-state index contributed by atoms with van der Waals surface area (Å²) in [6.07, 6.45) is 0.425. The van der Waals surface area contributed by atoms with Crippen LogP contribution in [0, 0.1) is 0 Å². The smallest absolute Gasteiger partial charge is 0.410 e. The Hall–Kier alpha value is -0.430. The number of alkyl carbamates (subject to hydrolysis) is 1. The zero-order valence-corrected chi connectivity index (χ0v) is 11.8. The number of carboxylic acids is 1. The molecule has 0 aliphatic carbocycles. The van der Waals surface area contributed by atoms with Crippen molar-refractivity contribution in [2.24, 2.45) is 5.73 Å². The molecule has 4 N–H and O–H groups in total. The fourth-order valence-electron chi connectivity index (χ4n) is 1.08. The van der Waals surface area contributed by atoms with E-state index in [1.54, 1.807) is 0 Å². The van der Waals surface area contributed by atoms with Crippen LogP contribution in [0.15, 0.2) is 0 Å². The minimum absolute atomic E-state index is 0.236. The molecular weight excluding hydrogens is 306 g/mol. The van der Waals surface area contributed by atoms with Crippen LogP contribution in [-0.2, 0) is 9.53 Å². The molecule has 0 saturated carbocycles. The molecule has 0 aromatic heterocycles. The SMILES string of the molecule is NCCCC[C@H](NC(=O)OC(Cl)(Cl)CCl)C(=O)O. The first-order chi connectivity index (χ1) is 8.32. The second-order valence-corrected chi connectivity index (χ2v) is 5.16. The van der Waals surface area contributed by atoms with Crippen LogP contribution in [0.4, 0.5) is 4.79 Å². The summed E-state index contributed by atoms with van der Waals surface area (Å²) in [5.74, 6) is -1.52. The van der Waals surface area contributed by atoms with Gasteiger partial charge in [-0.25, -0.2) is 9.59 Å². The fraction of sp³-hybridized carbons (Fsp3) is 0.778. The van der Waals surface area contributed by atoms with Crippen LogP contribution in [0.5, 0.6) is 0 Å². The predicted molar refractivity (Wildman–Crippen MR) is 69.1 cm³/mol. The third-order valence-corrected chi connectivity index (χ3v) is 3.01. The van der Waals surface area contributed by atoms with Gasteiger partial charge >= 0.3 is 12.1 Å². The number of carboxylic acid groups (broad SMARTS) is 1. The molecule has 0 rings (SSSR count). The van der Waals surface area contributed by atoms with E-state index in [1.165, 1.54) is 0 Å². The molecule has 1 amide bonds. The van der Waals surface area contributed by atoms with Crippen molar-refractivity contribution < 1.29 is 19.4 Å². The van der Waals surface area contributed by atoms with Crippen molar-refractivity contribution in [2.75, 3.05) is 12.4 Å². The second kappa shape index (κ2) is 8.63. The lowest BCUT2D eigenvalue weighted by molar-refractivity contribution is -0.139. The summed E-state index contributed by atoms with van der Waals surface area (Å²) in [5.41, 5.74) is 5.28. The van der Waals surface area contributed by atoms with E-state index in [4.69, 9.17) is 45.6 Å². The van der Waals surface area contributed by atoms with E-state index < -0.39 is 22.6 Å². The van der Waals surface area contributed by atoms with E-state index in [0.717, 1.165) is 0 Å². The van der Waals surface area contributed by atoms with E-state index in [1.807, 2.05) is 0 Å². The number of halogens is 3. The first-order valence-corrected chi connectivity index (χ1v) is 6.47. The van der Waals surface area contributed by atoms with Crippen molar-refractivity contribution in [1.82, 2.24) is 5.32 Å². The Labute approximate surface area is 120 Å². The van der Waals surface area contributed by atoms with Crippen LogP contribution in [0.25, 0.3) is 0 Å². The molecule has 18 heavy (non-hydrogen) atoms. The molecule has 1 atom stereocenters. The quantitative estimate of drug-likeness (QED) is 0.466. The van der Waals surface area contributed by atoms with E-state index >= 15 is 0 Å². The molecule has 0 heterocycles. The van der Waals surface area contributed by atoms with Gasteiger partial charge in [0.1, 0.15) is 6.04 Å². The molecule has 0 bridgehead atoms. The number of hydrogen-bond donors (Lipinski definition) is 3. The van der Waals surface area contributed by atoms with Crippen molar-refractivity contribution >= 4 is 46.9 Å². The van der Waals surface area contributed by atoms with Crippen molar-refractivity contribution in [3.63, 3.8) is 0 Å². The van der Waals surface area contributed by atoms with Gasteiger partial charge in [0.05, 0.1) is 5.88 Å². The molecule has 0 aliphatic heterocycles. The Balaban J connectivity index is 4.24. The van der Waals surface area contributed by atoms with Gasteiger partial charge in [-0.05, 0) is 25.8 Å². The van der Waals surface area contributed by atoms with Crippen molar-refractivity contribution in [3.05, 3.63) is 0 Å². The first-order valence-electron chi connectivity index (χ1n) is 5.18. The van der Waals surface area contributed by atoms with Crippen LogP contribution < -0.4 is 11.1 Å². The summed E-state index contributed by atoms with van der Waals surface area (Å²) in [7, 11) is 0. The number of hydrogen-bond acceptors (Lipinski definition) is 4. The van der Waals surface area contributed by atoms with Crippen LogP contribution in [0.1, 0.15) is 19.3 Å². The molecule has 0 aliphatic rings. The lowest BCUT2D eigenvalue weighted by Gasteiger charge is -2.19. The number of carbonyl (C=O) groups excluding carboxylic acids is 1. The number of ether oxygens (including phenoxy) is 1. The molecule has 0 saturated heterocycles. The number of nitrogens with two attached hydrogens (primary N) is 1. The number of unbranched alkanes of at least 4 members (excludes halogenated alkanes) is 1. The van der Waals surface area contributed by atoms with Gasteiger partial charge in [0, 0.05) is 0 Å². The van der Waals surface area contributed by atoms with E-state index in [0.29, 0.717) is 19.4 Å². The summed E-state index contributed by atoms with van der Waals surface area (Å²) in [5, 5.41) is 11.0. The van der Waals surface area contributed by atoms with Crippen molar-refractivity contribution in [3.8, 4) is 0 Å². The highest BCUT2D eigenvalue weighted by Gasteiger charge is 2.30. The Morgan fingerprint density at radius 1 is 1.39 bits per heavy atom. The molecule has 0 fully saturated rings. The number of aliphatic carboxylic acids is 1. The molecule has 0 aromatic carbocycles. The van der Waals surface area contributed by atoms with Gasteiger partial charge in [-0.2, -0.15) is 0 Å². The second-order valence-electron chi connectivity index (χ2n) is 3.48. The van der Waals surface area contributed by atoms with Gasteiger partial charge < -0.3 is 20.9 Å². The van der Waals surface area contributed by atoms with Crippen LogP contribution in [0.3, 0.4) is 0 Å². The predicted octanol–water partition coefficient (Wildman–Crippen LogP) is 1.67. The molecule has 106 valence electrons. The Bertz CT molecular complexity index is 289. The molecule has 0 unspecified atom stereocenters. The van der Waals surface area contributed by atoms with Gasteiger partial charge in [-0.3, -0.25) is 0 Å². The third-order valence-electron chi connectivity index (χ3n) is 1.93. The zero-order valence-electron chi connectivity index (χ0n) is 9.50. The van der Waals surface area contributed by atoms with Crippen molar-refractivity contribution in [2.45, 2.75) is 29.8 Å². The Morgan fingerprint density at radius 2 is 2.00 bits per heavy atom. The maximum Gasteiger partial charge on any atom is 0.410 e. The normalized spacial score (nSPS) is 12.9. The molecule has 0 spiro atoms. The van der Waals surface area contributed by atoms with E-state index in [-0.39, 0.29) is 12.3 Å². The topological polar surface area (TPSA) is 102 Å². The maximum absolute atomic E-state index is 11.3. The molecule has 6 nitrogen and oxygen atoms in total. The summed E-state index contributed by atoms with van der Waals surface area (Å²) >= 11 is 16.3. The number of amides is 1. The number of alkyl halides is 3. The highest BCUT2D eigenvalue weighted by molar-refractivity contribution is 6.50. The molecular formula is C9H15Cl3N2O4. The van der Waals surface area contributed by atoms with Gasteiger partial charge in [-0.1, -0.05) is 23.2 Å². The van der Waals surface area contributed by atoms with E-state index in [2.05, 4.69) is 10.1 Å². The van der Waals surface area contributed by atoms with Gasteiger partial charge in [0.25, 0.3) is 4.52 Å². The van der Waals surface area contributed by atoms with Crippen LogP contribution in [-0.4, -0.2) is 40.2 Å². The molecule has 0 radical (unpaired) electrons. The molecule has 9 heteroatoms. The average molecular weight is 322 g/mol. The summed E-state index contributed by atoms with van der Waals surface area (Å²) < 4.78 is 2.65. The van der Waals surface area contributed by atoms with Gasteiger partial charge in [0.15, 0.2) is 0 Å². The number of carbonyl (C=O) groups is 2. The third kappa shape index (κ3) is 7.81. The lowest BCUT2D eigenvalue weighted by atomic mass is 10.1. The van der Waals surface area contributed by atoms with Crippen LogP contribution >= 0.6 is 34.8 Å². The Kier molecular flexibility index (Phi) is 8.43. The largest absolute Gasteiger partial charge is 0.480 e. The number of rotatable bonds is 8. The Morgan fingerprint density at radius 3 is 2.44 bits per heavy atom. The zero-order chi connectivity index (χ0) is 14.2. The van der Waals surface area contributed by atoms with Crippen LogP contribution in [0.2, 0.25) is 0 Å². The minimum atomic E-state index is -1.88. The van der Waals surface area contributed by atoms with E-state index in [9.17, 15) is 9.59 Å². The monoisotopic (exact) mass is 320 g/mol. The fourth-order valence-corrected chi connectivity index (χ4v) is 1.28. The van der Waals surface area contributed by atoms with Gasteiger partial charge in [-0.15, -0.1) is 11.6 Å². The average Bonchev–Trinajstić information content (AvgIpc) is 2.27. The minimum Gasteiger partial charge on any atom is -0.480 e. The lowest BCUT2D eigenvalue weighted by Crippen LogP contribution is -2.43. The number of nitrogens with one attached hydrogen (secondary N) is 1. The highest BCUT2D eigenvalue weighted by Crippen LogP contribution is 2.24. The van der Waals surface area contributed by atoms with Gasteiger partial charge in [0.2, 0.25) is 0 Å². The first kappa shape index (κ1) is 17.6. The van der Waals surface area contributed by atoms with Crippen molar-refractivity contribution in [1.29, 1.82) is 0 Å².